The normalized spacial score (nSPS) is 11.4. The Morgan fingerprint density at radius 2 is 2.00 bits per heavy atom. The maximum atomic E-state index is 12.0. The van der Waals surface area contributed by atoms with Crippen LogP contribution in [-0.4, -0.2) is 20.3 Å². The number of hydrogen-bond donors (Lipinski definition) is 0. The smallest absolute Gasteiger partial charge is 0.467 e. The molecule has 0 N–H and O–H groups in total. The van der Waals surface area contributed by atoms with Crippen LogP contribution < -0.4 is 9.47 Å². The first-order valence-electron chi connectivity index (χ1n) is 4.52. The van der Waals surface area contributed by atoms with E-state index in [0.29, 0.717) is 5.56 Å². The van der Waals surface area contributed by atoms with Crippen LogP contribution in [0.3, 0.4) is 0 Å². The van der Waals surface area contributed by atoms with Crippen molar-refractivity contribution < 1.29 is 27.4 Å². The molecule has 0 saturated heterocycles. The van der Waals surface area contributed by atoms with Crippen LogP contribution >= 0.6 is 11.6 Å². The molecule has 0 atom stereocenters. The minimum absolute atomic E-state index is 0.0840. The molecule has 0 aliphatic heterocycles. The van der Waals surface area contributed by atoms with E-state index in [9.17, 15) is 13.2 Å². The van der Waals surface area contributed by atoms with Gasteiger partial charge in [0.05, 0.1) is 5.88 Å². The lowest BCUT2D eigenvalue weighted by Crippen LogP contribution is -2.17. The van der Waals surface area contributed by atoms with Crippen molar-refractivity contribution in [1.82, 2.24) is 0 Å². The summed E-state index contributed by atoms with van der Waals surface area (Å²) in [7, 11) is 1.40. The average Bonchev–Trinajstić information content (AvgIpc) is 2.24. The highest BCUT2D eigenvalue weighted by Gasteiger charge is 2.31. The van der Waals surface area contributed by atoms with Crippen LogP contribution in [0.2, 0.25) is 0 Å². The Morgan fingerprint density at radius 3 is 2.53 bits per heavy atom. The predicted octanol–water partition coefficient (Wildman–Crippen LogP) is 3.31. The van der Waals surface area contributed by atoms with E-state index in [1.54, 1.807) is 0 Å². The summed E-state index contributed by atoms with van der Waals surface area (Å²) in [5, 5.41) is 0. The van der Waals surface area contributed by atoms with E-state index in [0.717, 1.165) is 6.07 Å². The molecule has 17 heavy (non-hydrogen) atoms. The summed E-state index contributed by atoms with van der Waals surface area (Å²) < 4.78 is 49.5. The minimum atomic E-state index is -4.74. The van der Waals surface area contributed by atoms with Gasteiger partial charge in [0, 0.05) is 18.7 Å². The second kappa shape index (κ2) is 5.97. The average molecular weight is 271 g/mol. The first kappa shape index (κ1) is 13.9. The van der Waals surface area contributed by atoms with Gasteiger partial charge in [-0.05, 0) is 6.07 Å². The van der Waals surface area contributed by atoms with Crippen LogP contribution in [0.15, 0.2) is 18.2 Å². The quantitative estimate of drug-likeness (QED) is 0.607. The zero-order valence-electron chi connectivity index (χ0n) is 8.88. The summed E-state index contributed by atoms with van der Waals surface area (Å²) in [5.41, 5.74) is 0.554. The van der Waals surface area contributed by atoms with E-state index >= 15 is 0 Å². The Balaban J connectivity index is 2.88. The zero-order valence-corrected chi connectivity index (χ0v) is 9.64. The van der Waals surface area contributed by atoms with Crippen molar-refractivity contribution in [2.75, 3.05) is 13.9 Å². The number of ether oxygens (including phenoxy) is 3. The molecule has 0 saturated carbocycles. The van der Waals surface area contributed by atoms with Gasteiger partial charge in [-0.25, -0.2) is 0 Å². The van der Waals surface area contributed by atoms with Gasteiger partial charge in [-0.15, -0.1) is 24.8 Å². The molecule has 0 bridgehead atoms. The number of hydrogen-bond acceptors (Lipinski definition) is 3. The summed E-state index contributed by atoms with van der Waals surface area (Å²) in [5.74, 6) is -0.0493. The van der Waals surface area contributed by atoms with Crippen molar-refractivity contribution in [3.63, 3.8) is 0 Å². The number of benzene rings is 1. The molecule has 0 heterocycles. The minimum Gasteiger partial charge on any atom is -0.467 e. The van der Waals surface area contributed by atoms with Crippen molar-refractivity contribution >= 4 is 11.6 Å². The summed E-state index contributed by atoms with van der Waals surface area (Å²) in [4.78, 5) is 0. The lowest BCUT2D eigenvalue weighted by molar-refractivity contribution is -0.274. The molecule has 0 aliphatic carbocycles. The van der Waals surface area contributed by atoms with Gasteiger partial charge in [0.2, 0.25) is 0 Å². The van der Waals surface area contributed by atoms with E-state index in [2.05, 4.69) is 9.47 Å². The van der Waals surface area contributed by atoms with Crippen molar-refractivity contribution in [2.24, 2.45) is 0 Å². The Hall–Kier alpha value is -1.14. The molecule has 0 radical (unpaired) electrons. The van der Waals surface area contributed by atoms with Gasteiger partial charge in [-0.2, -0.15) is 0 Å². The molecule has 7 heteroatoms. The monoisotopic (exact) mass is 270 g/mol. The predicted molar refractivity (Wildman–Crippen MR) is 55.2 cm³/mol. The summed E-state index contributed by atoms with van der Waals surface area (Å²) in [6.07, 6.45) is -4.74. The van der Waals surface area contributed by atoms with Crippen LogP contribution in [0, 0.1) is 0 Å². The molecule has 1 rings (SSSR count). The van der Waals surface area contributed by atoms with Crippen LogP contribution in [0.1, 0.15) is 5.56 Å². The Kier molecular flexibility index (Phi) is 4.89. The Labute approximate surface area is 101 Å². The van der Waals surface area contributed by atoms with Gasteiger partial charge in [-0.1, -0.05) is 6.07 Å². The number of rotatable bonds is 5. The van der Waals surface area contributed by atoms with Gasteiger partial charge in [0.1, 0.15) is 11.5 Å². The van der Waals surface area contributed by atoms with Crippen molar-refractivity contribution in [3.05, 3.63) is 23.8 Å². The molecule has 0 spiro atoms. The van der Waals surface area contributed by atoms with Gasteiger partial charge >= 0.3 is 6.36 Å². The standard InChI is InChI=1S/C10H10ClF3O3/c1-15-6-16-9-4-8(17-10(12,13)14)3-2-7(9)5-11/h2-4H,5-6H2,1H3. The molecular weight excluding hydrogens is 261 g/mol. The van der Waals surface area contributed by atoms with Crippen LogP contribution in [0.5, 0.6) is 11.5 Å². The van der Waals surface area contributed by atoms with Gasteiger partial charge in [0.15, 0.2) is 6.79 Å². The van der Waals surface area contributed by atoms with Crippen molar-refractivity contribution in [1.29, 1.82) is 0 Å². The molecular formula is C10H10ClF3O3. The highest BCUT2D eigenvalue weighted by Crippen LogP contribution is 2.29. The SMILES string of the molecule is COCOc1cc(OC(F)(F)F)ccc1CCl. The largest absolute Gasteiger partial charge is 0.573 e. The molecule has 3 nitrogen and oxygen atoms in total. The van der Waals surface area contributed by atoms with Crippen LogP contribution in [0.4, 0.5) is 13.2 Å². The van der Waals surface area contributed by atoms with E-state index in [1.807, 2.05) is 0 Å². The number of halogens is 4. The Morgan fingerprint density at radius 1 is 1.29 bits per heavy atom. The molecule has 0 unspecified atom stereocenters. The van der Waals surface area contributed by atoms with Crippen LogP contribution in [0.25, 0.3) is 0 Å². The molecule has 96 valence electrons. The lowest BCUT2D eigenvalue weighted by Gasteiger charge is -2.13. The molecule has 0 amide bonds. The molecule has 0 aromatic heterocycles. The third-order valence-electron chi connectivity index (χ3n) is 1.75. The molecule has 1 aromatic rings. The number of alkyl halides is 4. The topological polar surface area (TPSA) is 27.7 Å². The fourth-order valence-electron chi connectivity index (χ4n) is 1.10. The molecule has 1 aromatic carbocycles. The van der Waals surface area contributed by atoms with E-state index < -0.39 is 6.36 Å². The van der Waals surface area contributed by atoms with Gasteiger partial charge < -0.3 is 14.2 Å². The van der Waals surface area contributed by atoms with E-state index in [-0.39, 0.29) is 24.2 Å². The third-order valence-corrected chi connectivity index (χ3v) is 2.04. The van der Waals surface area contributed by atoms with Crippen molar-refractivity contribution in [2.45, 2.75) is 12.2 Å². The summed E-state index contributed by atoms with van der Waals surface area (Å²) >= 11 is 5.61. The maximum Gasteiger partial charge on any atom is 0.573 e. The highest BCUT2D eigenvalue weighted by atomic mass is 35.5. The first-order valence-corrected chi connectivity index (χ1v) is 5.06. The molecule has 0 aliphatic rings. The fourth-order valence-corrected chi connectivity index (χ4v) is 1.32. The third kappa shape index (κ3) is 4.70. The maximum absolute atomic E-state index is 12.0. The fraction of sp³-hybridized carbons (Fsp3) is 0.400. The Bertz CT molecular complexity index is 368. The van der Waals surface area contributed by atoms with Gasteiger partial charge in [0.25, 0.3) is 0 Å². The van der Waals surface area contributed by atoms with E-state index in [1.165, 1.54) is 19.2 Å². The summed E-state index contributed by atoms with van der Waals surface area (Å²) in [6, 6.07) is 3.69. The molecule has 0 fully saturated rings. The first-order chi connectivity index (χ1) is 7.96. The number of methoxy groups -OCH3 is 1. The van der Waals surface area contributed by atoms with E-state index in [4.69, 9.17) is 16.3 Å². The highest BCUT2D eigenvalue weighted by molar-refractivity contribution is 6.17. The van der Waals surface area contributed by atoms with Crippen molar-refractivity contribution in [3.8, 4) is 11.5 Å². The zero-order chi connectivity index (χ0) is 12.9. The second-order valence-electron chi connectivity index (χ2n) is 3.00. The summed E-state index contributed by atoms with van der Waals surface area (Å²) in [6.45, 7) is -0.0840. The van der Waals surface area contributed by atoms with Crippen LogP contribution in [-0.2, 0) is 10.6 Å². The second-order valence-corrected chi connectivity index (χ2v) is 3.27. The lowest BCUT2D eigenvalue weighted by atomic mass is 10.2. The van der Waals surface area contributed by atoms with Gasteiger partial charge in [-0.3, -0.25) is 0 Å².